The maximum absolute atomic E-state index is 12.7. The number of alkyl halides is 3. The Hall–Kier alpha value is -2.38. The van der Waals surface area contributed by atoms with Crippen molar-refractivity contribution in [1.29, 1.82) is 0 Å². The van der Waals surface area contributed by atoms with E-state index in [0.717, 1.165) is 18.3 Å². The Morgan fingerprint density at radius 1 is 1.39 bits per heavy atom. The summed E-state index contributed by atoms with van der Waals surface area (Å²) in [6.07, 6.45) is -3.67. The molecular formula is C10H5F3N2O3. The van der Waals surface area contributed by atoms with Crippen molar-refractivity contribution in [3.8, 4) is 11.3 Å². The second kappa shape index (κ2) is 4.13. The molecule has 0 saturated heterocycles. The van der Waals surface area contributed by atoms with Gasteiger partial charge in [-0.1, -0.05) is 5.16 Å². The number of pyridine rings is 1. The molecule has 2 aromatic rings. The van der Waals surface area contributed by atoms with Crippen LogP contribution in [0.15, 0.2) is 28.9 Å². The molecule has 5 nitrogen and oxygen atoms in total. The lowest BCUT2D eigenvalue weighted by molar-refractivity contribution is -0.140. The van der Waals surface area contributed by atoms with Crippen molar-refractivity contribution in [3.63, 3.8) is 0 Å². The average molecular weight is 258 g/mol. The topological polar surface area (TPSA) is 76.2 Å². The normalized spacial score (nSPS) is 11.5. The van der Waals surface area contributed by atoms with E-state index in [0.29, 0.717) is 0 Å². The summed E-state index contributed by atoms with van der Waals surface area (Å²) in [6, 6.07) is 3.32. The summed E-state index contributed by atoms with van der Waals surface area (Å²) in [7, 11) is 0. The lowest BCUT2D eigenvalue weighted by Crippen LogP contribution is -2.09. The molecule has 2 heterocycles. The summed E-state index contributed by atoms with van der Waals surface area (Å²) >= 11 is 0. The molecule has 8 heteroatoms. The molecule has 0 aromatic carbocycles. The van der Waals surface area contributed by atoms with Crippen molar-refractivity contribution in [2.24, 2.45) is 0 Å². The number of carbonyl (C=O) groups is 1. The first kappa shape index (κ1) is 12.1. The zero-order valence-corrected chi connectivity index (χ0v) is 8.60. The first-order valence-corrected chi connectivity index (χ1v) is 4.62. The number of rotatable bonds is 2. The molecule has 0 aliphatic rings. The monoisotopic (exact) mass is 258 g/mol. The van der Waals surface area contributed by atoms with Crippen molar-refractivity contribution in [2.75, 3.05) is 0 Å². The highest BCUT2D eigenvalue weighted by molar-refractivity contribution is 5.86. The molecule has 0 bridgehead atoms. The molecule has 18 heavy (non-hydrogen) atoms. The molecule has 0 atom stereocenters. The molecule has 0 aliphatic carbocycles. The van der Waals surface area contributed by atoms with Crippen LogP contribution in [0.1, 0.15) is 16.2 Å². The predicted octanol–water partition coefficient (Wildman–Crippen LogP) is 2.45. The van der Waals surface area contributed by atoms with E-state index in [1.54, 1.807) is 0 Å². The molecule has 0 spiro atoms. The Morgan fingerprint density at radius 2 is 2.11 bits per heavy atom. The van der Waals surface area contributed by atoms with Gasteiger partial charge in [-0.2, -0.15) is 13.2 Å². The number of aromatic carboxylic acids is 1. The van der Waals surface area contributed by atoms with Gasteiger partial charge >= 0.3 is 12.1 Å². The third-order valence-electron chi connectivity index (χ3n) is 2.07. The number of nitrogens with zero attached hydrogens (tertiary/aromatic N) is 2. The van der Waals surface area contributed by atoms with Crippen LogP contribution in [-0.2, 0) is 6.18 Å². The van der Waals surface area contributed by atoms with Crippen molar-refractivity contribution < 1.29 is 27.6 Å². The standard InChI is InChI=1S/C10H5F3N2O3/c11-10(12,13)8-5(2-1-3-14-8)7-4-6(9(16)17)15-18-7/h1-4H,(H,16,17). The Labute approximate surface area is 97.9 Å². The Bertz CT molecular complexity index is 592. The highest BCUT2D eigenvalue weighted by atomic mass is 19.4. The molecule has 0 unspecified atom stereocenters. The minimum Gasteiger partial charge on any atom is -0.476 e. The van der Waals surface area contributed by atoms with Gasteiger partial charge in [0.05, 0.1) is 5.56 Å². The molecule has 0 aliphatic heterocycles. The van der Waals surface area contributed by atoms with Gasteiger partial charge in [0.25, 0.3) is 0 Å². The third kappa shape index (κ3) is 2.17. The maximum atomic E-state index is 12.7. The van der Waals surface area contributed by atoms with Crippen LogP contribution in [0.4, 0.5) is 13.2 Å². The molecule has 0 amide bonds. The largest absolute Gasteiger partial charge is 0.476 e. The van der Waals surface area contributed by atoms with Crippen molar-refractivity contribution in [1.82, 2.24) is 10.1 Å². The molecule has 1 N–H and O–H groups in total. The van der Waals surface area contributed by atoms with Crippen LogP contribution in [-0.4, -0.2) is 21.2 Å². The predicted molar refractivity (Wildman–Crippen MR) is 51.7 cm³/mol. The first-order valence-electron chi connectivity index (χ1n) is 4.62. The highest BCUT2D eigenvalue weighted by Crippen LogP contribution is 2.35. The van der Waals surface area contributed by atoms with Crippen molar-refractivity contribution in [3.05, 3.63) is 35.8 Å². The first-order chi connectivity index (χ1) is 8.39. The number of aromatic nitrogens is 2. The zero-order chi connectivity index (χ0) is 13.3. The number of hydrogen-bond donors (Lipinski definition) is 1. The van der Waals surface area contributed by atoms with E-state index in [1.165, 1.54) is 6.07 Å². The summed E-state index contributed by atoms with van der Waals surface area (Å²) < 4.78 is 42.6. The summed E-state index contributed by atoms with van der Waals surface area (Å²) in [4.78, 5) is 13.8. The minimum absolute atomic E-state index is 0.298. The van der Waals surface area contributed by atoms with Gasteiger partial charge in [-0.15, -0.1) is 0 Å². The fourth-order valence-corrected chi connectivity index (χ4v) is 1.33. The van der Waals surface area contributed by atoms with Gasteiger partial charge in [-0.3, -0.25) is 4.98 Å². The van der Waals surface area contributed by atoms with E-state index in [9.17, 15) is 18.0 Å². The van der Waals surface area contributed by atoms with Crippen molar-refractivity contribution >= 4 is 5.97 Å². The van der Waals surface area contributed by atoms with E-state index in [2.05, 4.69) is 14.7 Å². The lowest BCUT2D eigenvalue weighted by atomic mass is 10.1. The van der Waals surface area contributed by atoms with Gasteiger partial charge in [0.1, 0.15) is 0 Å². The van der Waals surface area contributed by atoms with Gasteiger partial charge < -0.3 is 9.63 Å². The second-order valence-electron chi connectivity index (χ2n) is 3.28. The molecular weight excluding hydrogens is 253 g/mol. The smallest absolute Gasteiger partial charge is 0.434 e. The van der Waals surface area contributed by atoms with Crippen LogP contribution >= 0.6 is 0 Å². The quantitative estimate of drug-likeness (QED) is 0.895. The van der Waals surface area contributed by atoms with E-state index in [4.69, 9.17) is 5.11 Å². The molecule has 2 rings (SSSR count). The Morgan fingerprint density at radius 3 is 2.67 bits per heavy atom. The van der Waals surface area contributed by atoms with E-state index in [-0.39, 0.29) is 11.3 Å². The third-order valence-corrected chi connectivity index (χ3v) is 2.07. The SMILES string of the molecule is O=C(O)c1cc(-c2cccnc2C(F)(F)F)on1. The van der Waals surface area contributed by atoms with Gasteiger partial charge in [0.2, 0.25) is 0 Å². The zero-order valence-electron chi connectivity index (χ0n) is 8.60. The summed E-state index contributed by atoms with van der Waals surface area (Å²) in [5.41, 5.74) is -1.98. The molecule has 0 radical (unpaired) electrons. The summed E-state index contributed by atoms with van der Waals surface area (Å²) in [5, 5.41) is 11.8. The molecule has 2 aromatic heterocycles. The van der Waals surface area contributed by atoms with Crippen LogP contribution in [0, 0.1) is 0 Å². The summed E-state index contributed by atoms with van der Waals surface area (Å²) in [6.45, 7) is 0. The van der Waals surface area contributed by atoms with Gasteiger partial charge in [0.15, 0.2) is 17.1 Å². The van der Waals surface area contributed by atoms with Crippen LogP contribution in [0.25, 0.3) is 11.3 Å². The van der Waals surface area contributed by atoms with Crippen molar-refractivity contribution in [2.45, 2.75) is 6.18 Å². The summed E-state index contributed by atoms with van der Waals surface area (Å²) in [5.74, 6) is -1.68. The maximum Gasteiger partial charge on any atom is 0.434 e. The average Bonchev–Trinajstić information content (AvgIpc) is 2.77. The molecule has 94 valence electrons. The highest BCUT2D eigenvalue weighted by Gasteiger charge is 2.36. The molecule has 0 saturated carbocycles. The Balaban J connectivity index is 2.53. The van der Waals surface area contributed by atoms with E-state index >= 15 is 0 Å². The van der Waals surface area contributed by atoms with Gasteiger partial charge in [-0.25, -0.2) is 4.79 Å². The van der Waals surface area contributed by atoms with Gasteiger partial charge in [-0.05, 0) is 12.1 Å². The van der Waals surface area contributed by atoms with Crippen LogP contribution < -0.4 is 0 Å². The second-order valence-corrected chi connectivity index (χ2v) is 3.28. The number of halogens is 3. The van der Waals surface area contributed by atoms with Crippen LogP contribution in [0.3, 0.4) is 0 Å². The fourth-order valence-electron chi connectivity index (χ4n) is 1.33. The fraction of sp³-hybridized carbons (Fsp3) is 0.100. The lowest BCUT2D eigenvalue weighted by Gasteiger charge is -2.08. The van der Waals surface area contributed by atoms with E-state index in [1.807, 2.05) is 0 Å². The van der Waals surface area contributed by atoms with Crippen LogP contribution in [0.5, 0.6) is 0 Å². The number of carboxylic acid groups (broad SMARTS) is 1. The van der Waals surface area contributed by atoms with E-state index < -0.39 is 23.5 Å². The molecule has 0 fully saturated rings. The Kier molecular flexibility index (Phi) is 2.77. The number of hydrogen-bond acceptors (Lipinski definition) is 4. The van der Waals surface area contributed by atoms with Gasteiger partial charge in [0, 0.05) is 12.3 Å². The minimum atomic E-state index is -4.66. The number of carboxylic acids is 1. The van der Waals surface area contributed by atoms with Crippen LogP contribution in [0.2, 0.25) is 0 Å².